The number of carbonyl (C=O) groups excluding carboxylic acids is 2. The molecule has 2 bridgehead atoms. The Balaban J connectivity index is 1.09. The van der Waals surface area contributed by atoms with Crippen LogP contribution in [0.4, 0.5) is 10.5 Å². The number of fused-ring (bicyclic) bond motifs is 2. The summed E-state index contributed by atoms with van der Waals surface area (Å²) in [6.07, 6.45) is 13.6. The van der Waals surface area contributed by atoms with Gasteiger partial charge in [0.1, 0.15) is 5.75 Å². The first-order chi connectivity index (χ1) is 25.4. The summed E-state index contributed by atoms with van der Waals surface area (Å²) >= 11 is 1.56. The van der Waals surface area contributed by atoms with E-state index in [9.17, 15) is 15.0 Å². The molecule has 3 N–H and O–H groups in total. The third-order valence-corrected chi connectivity index (χ3v) is 16.2. The Kier molecular flexibility index (Phi) is 8.32. The fourth-order valence-corrected chi connectivity index (χ4v) is 13.3. The average molecular weight is 737 g/mol. The van der Waals surface area contributed by atoms with E-state index in [1.54, 1.807) is 23.3 Å². The second-order valence-corrected chi connectivity index (χ2v) is 18.5. The third-order valence-electron chi connectivity index (χ3n) is 15.1. The van der Waals surface area contributed by atoms with Gasteiger partial charge in [-0.2, -0.15) is 0 Å². The van der Waals surface area contributed by atoms with Crippen molar-refractivity contribution in [3.8, 4) is 5.75 Å². The van der Waals surface area contributed by atoms with E-state index in [4.69, 9.17) is 9.47 Å². The number of hydrogen-bond acceptors (Lipinski definition) is 7. The van der Waals surface area contributed by atoms with Crippen molar-refractivity contribution in [2.24, 2.45) is 33.5 Å². The molecule has 3 saturated carbocycles. The second kappa shape index (κ2) is 12.5. The van der Waals surface area contributed by atoms with Gasteiger partial charge in [-0.05, 0) is 117 Å². The van der Waals surface area contributed by atoms with Crippen LogP contribution in [-0.2, 0) is 4.74 Å². The van der Waals surface area contributed by atoms with E-state index in [1.807, 2.05) is 42.5 Å². The normalized spacial score (nSPS) is 38.2. The number of Topliss-reactive ketones (excluding diaryl/α,β-unsaturated/α-hetero) is 1. The molecule has 9 atom stereocenters. The molecule has 280 valence electrons. The zero-order valence-electron chi connectivity index (χ0n) is 31.1. The number of allylic oxidation sites excluding steroid dienone is 4. The van der Waals surface area contributed by atoms with Gasteiger partial charge in [0.25, 0.3) is 0 Å². The van der Waals surface area contributed by atoms with Crippen LogP contribution in [0.25, 0.3) is 10.1 Å². The van der Waals surface area contributed by atoms with E-state index < -0.39 is 22.5 Å². The number of nitrogens with zero attached hydrogens (tertiary/aromatic N) is 1. The zero-order chi connectivity index (χ0) is 36.8. The quantitative estimate of drug-likeness (QED) is 0.158. The van der Waals surface area contributed by atoms with Crippen molar-refractivity contribution in [2.75, 3.05) is 32.1 Å². The van der Waals surface area contributed by atoms with Gasteiger partial charge < -0.3 is 29.9 Å². The highest BCUT2D eigenvalue weighted by Gasteiger charge is 2.74. The van der Waals surface area contributed by atoms with Gasteiger partial charge >= 0.3 is 6.03 Å². The average Bonchev–Trinajstić information content (AvgIpc) is 3.89. The number of aliphatic hydroxyl groups is 2. The minimum atomic E-state index is -1.18. The minimum absolute atomic E-state index is 0.00390. The number of amides is 2. The Morgan fingerprint density at radius 1 is 0.981 bits per heavy atom. The lowest BCUT2D eigenvalue weighted by atomic mass is 9.32. The molecule has 0 radical (unpaired) electrons. The monoisotopic (exact) mass is 736 g/mol. The molecule has 2 spiro atoms. The number of anilines is 1. The summed E-state index contributed by atoms with van der Waals surface area (Å²) in [5.74, 6) is 0.992. The Bertz CT molecular complexity index is 1970. The highest BCUT2D eigenvalue weighted by atomic mass is 32.1. The number of urea groups is 1. The fourth-order valence-electron chi connectivity index (χ4n) is 12.3. The second-order valence-electron chi connectivity index (χ2n) is 17.5. The van der Waals surface area contributed by atoms with Gasteiger partial charge in [-0.3, -0.25) is 4.79 Å². The van der Waals surface area contributed by atoms with Crippen LogP contribution in [0, 0.1) is 33.5 Å². The lowest BCUT2D eigenvalue weighted by Crippen LogP contribution is -2.67. The molecule has 2 amide bonds. The molecule has 1 unspecified atom stereocenters. The lowest BCUT2D eigenvalue weighted by Gasteiger charge is -2.71. The molecule has 8 nitrogen and oxygen atoms in total. The smallest absolute Gasteiger partial charge is 0.322 e. The van der Waals surface area contributed by atoms with Gasteiger partial charge in [0.15, 0.2) is 5.78 Å². The first-order valence-corrected chi connectivity index (χ1v) is 20.4. The molecule has 53 heavy (non-hydrogen) atoms. The lowest BCUT2D eigenvalue weighted by molar-refractivity contribution is -0.175. The maximum atomic E-state index is 15.1. The Hall–Kier alpha value is -3.50. The summed E-state index contributed by atoms with van der Waals surface area (Å²) in [4.78, 5) is 31.8. The maximum absolute atomic E-state index is 15.1. The van der Waals surface area contributed by atoms with Gasteiger partial charge in [-0.1, -0.05) is 50.3 Å². The number of benzene rings is 2. The number of aliphatic hydroxyl groups excluding tert-OH is 1. The molecule has 10 rings (SSSR count). The first-order valence-electron chi connectivity index (χ1n) is 19.6. The number of ether oxygens (including phenoxy) is 2. The van der Waals surface area contributed by atoms with E-state index in [2.05, 4.69) is 49.5 Å². The molecule has 4 fully saturated rings. The molecule has 2 aromatic carbocycles. The summed E-state index contributed by atoms with van der Waals surface area (Å²) in [6.45, 7) is 5.91. The summed E-state index contributed by atoms with van der Waals surface area (Å²) in [7, 11) is 1.62. The molecular formula is C44H52N2O6S. The number of carbonyl (C=O) groups is 2. The van der Waals surface area contributed by atoms with Gasteiger partial charge in [0.05, 0.1) is 36.3 Å². The number of ketones is 1. The zero-order valence-corrected chi connectivity index (χ0v) is 31.9. The standard InChI is InChI=1S/C44H52N2O6S/c1-40-17-14-30(47)24-42(40)20-21-44(33(25-42)38(48)35-23-28-7-4-5-9-34(28)53-35)36(40)15-18-41(2)37(44)16-19-43(41,50)27-46(26-32-8-6-22-52-32)39(49)45-29-10-12-31(51-3)13-11-29/h4-5,7,9-13,20-21,23,25,30,32,36-37,47,50H,6,8,14-19,22,24,26-27H2,1-3H3,(H,45,49)/t30?,32-,36-,37-,40-,41+,42+,43-,44-/m1/s1. The Labute approximate surface area is 316 Å². The van der Waals surface area contributed by atoms with Crippen LogP contribution in [0.3, 0.4) is 0 Å². The van der Waals surface area contributed by atoms with Crippen LogP contribution >= 0.6 is 11.3 Å². The minimum Gasteiger partial charge on any atom is -0.497 e. The highest BCUT2D eigenvalue weighted by Crippen LogP contribution is 2.78. The number of hydrogen-bond donors (Lipinski definition) is 3. The summed E-state index contributed by atoms with van der Waals surface area (Å²) in [5, 5.41) is 28.4. The molecule has 1 aromatic heterocycles. The van der Waals surface area contributed by atoms with Crippen LogP contribution in [0.5, 0.6) is 5.75 Å². The van der Waals surface area contributed by atoms with Gasteiger partial charge in [0.2, 0.25) is 0 Å². The van der Waals surface area contributed by atoms with Gasteiger partial charge in [-0.25, -0.2) is 4.79 Å². The van der Waals surface area contributed by atoms with E-state index in [1.165, 1.54) is 0 Å². The predicted octanol–water partition coefficient (Wildman–Crippen LogP) is 8.40. The van der Waals surface area contributed by atoms with E-state index in [-0.39, 0.29) is 47.1 Å². The Morgan fingerprint density at radius 2 is 1.74 bits per heavy atom. The van der Waals surface area contributed by atoms with Crippen LogP contribution in [0.1, 0.15) is 81.3 Å². The molecule has 3 aromatic rings. The van der Waals surface area contributed by atoms with Crippen molar-refractivity contribution in [3.63, 3.8) is 0 Å². The topological polar surface area (TPSA) is 108 Å². The largest absolute Gasteiger partial charge is 0.497 e. The van der Waals surface area contributed by atoms with Crippen LogP contribution in [-0.4, -0.2) is 71.5 Å². The van der Waals surface area contributed by atoms with Crippen LogP contribution < -0.4 is 10.1 Å². The van der Waals surface area contributed by atoms with Crippen molar-refractivity contribution in [3.05, 3.63) is 83.3 Å². The fraction of sp³-hybridized carbons (Fsp3) is 0.545. The van der Waals surface area contributed by atoms with Crippen molar-refractivity contribution in [2.45, 2.75) is 89.4 Å². The van der Waals surface area contributed by atoms with E-state index in [0.717, 1.165) is 65.5 Å². The number of nitrogens with one attached hydrogen (secondary N) is 1. The molecule has 1 aliphatic heterocycles. The van der Waals surface area contributed by atoms with Crippen molar-refractivity contribution in [1.82, 2.24) is 4.90 Å². The predicted molar refractivity (Wildman–Crippen MR) is 207 cm³/mol. The van der Waals surface area contributed by atoms with Crippen molar-refractivity contribution >= 4 is 38.9 Å². The first kappa shape index (κ1) is 35.2. The van der Waals surface area contributed by atoms with Crippen LogP contribution in [0.2, 0.25) is 0 Å². The number of methoxy groups -OCH3 is 1. The molecule has 9 heteroatoms. The van der Waals surface area contributed by atoms with E-state index >= 15 is 4.79 Å². The van der Waals surface area contributed by atoms with Crippen molar-refractivity contribution in [1.29, 1.82) is 0 Å². The number of rotatable bonds is 8. The molecule has 7 aliphatic rings. The third kappa shape index (κ3) is 5.16. The molecule has 1 saturated heterocycles. The maximum Gasteiger partial charge on any atom is 0.322 e. The van der Waals surface area contributed by atoms with Gasteiger partial charge in [-0.15, -0.1) is 11.3 Å². The van der Waals surface area contributed by atoms with E-state index in [0.29, 0.717) is 37.4 Å². The van der Waals surface area contributed by atoms with Crippen LogP contribution in [0.15, 0.2) is 78.4 Å². The van der Waals surface area contributed by atoms with Crippen molar-refractivity contribution < 1.29 is 29.3 Å². The SMILES string of the molecule is COc1ccc(NC(=O)N(C[C@H]2CCCO2)C[C@]2(O)CC[C@H]3[C@]45C=C[C@@]6(C=C4C(=O)c4cc7ccccc7s4)CC(O)CC[C@]6(C)[C@H]5CC[C@@]32C)cc1. The highest BCUT2D eigenvalue weighted by molar-refractivity contribution is 7.21. The molecule has 6 aliphatic carbocycles. The summed E-state index contributed by atoms with van der Waals surface area (Å²) in [6, 6.07) is 17.3. The summed E-state index contributed by atoms with van der Waals surface area (Å²) in [5.41, 5.74) is -1.29. The molecule has 2 heterocycles. The molecular weight excluding hydrogens is 685 g/mol. The Morgan fingerprint density at radius 3 is 2.49 bits per heavy atom. The van der Waals surface area contributed by atoms with Gasteiger partial charge in [0, 0.05) is 45.4 Å². The summed E-state index contributed by atoms with van der Waals surface area (Å²) < 4.78 is 12.5. The number of thiophene rings is 1.